The van der Waals surface area contributed by atoms with E-state index in [-0.39, 0.29) is 29.9 Å². The maximum Gasteiger partial charge on any atom is 0.240 e. The predicted molar refractivity (Wildman–Crippen MR) is 123 cm³/mol. The highest BCUT2D eigenvalue weighted by Crippen LogP contribution is 2.28. The first kappa shape index (κ1) is 24.2. The molecule has 0 unspecified atom stereocenters. The van der Waals surface area contributed by atoms with E-state index in [2.05, 4.69) is 17.0 Å². The number of sulfonamides is 1. The third-order valence-electron chi connectivity index (χ3n) is 4.39. The Balaban J connectivity index is 1.98. The molecule has 2 aromatic carbocycles. The summed E-state index contributed by atoms with van der Waals surface area (Å²) >= 11 is 1.44. The van der Waals surface area contributed by atoms with Crippen LogP contribution in [-0.2, 0) is 21.2 Å². The fourth-order valence-corrected chi connectivity index (χ4v) is 4.27. The van der Waals surface area contributed by atoms with E-state index in [0.717, 1.165) is 17.7 Å². The van der Waals surface area contributed by atoms with Crippen LogP contribution in [0.4, 0.5) is 5.69 Å². The first-order valence-electron chi connectivity index (χ1n) is 9.97. The molecule has 0 saturated heterocycles. The first-order chi connectivity index (χ1) is 14.3. The number of aryl methyl sites for hydroxylation is 1. The normalized spacial score (nSPS) is 11.5. The maximum absolute atomic E-state index is 12.6. The summed E-state index contributed by atoms with van der Waals surface area (Å²) in [4.78, 5) is 12.9. The van der Waals surface area contributed by atoms with Crippen LogP contribution in [-0.4, -0.2) is 33.7 Å². The molecule has 2 rings (SSSR count). The Morgan fingerprint density at radius 3 is 2.43 bits per heavy atom. The highest BCUT2D eigenvalue weighted by Gasteiger charge is 2.17. The number of amides is 1. The summed E-state index contributed by atoms with van der Waals surface area (Å²) in [5, 5.41) is 2.80. The number of anilines is 1. The van der Waals surface area contributed by atoms with Crippen molar-refractivity contribution >= 4 is 33.4 Å². The Bertz CT molecular complexity index is 942. The Labute approximate surface area is 183 Å². The van der Waals surface area contributed by atoms with Crippen molar-refractivity contribution in [2.75, 3.05) is 24.7 Å². The minimum Gasteiger partial charge on any atom is -0.492 e. The predicted octanol–water partition coefficient (Wildman–Crippen LogP) is 4.31. The molecule has 0 aliphatic carbocycles. The van der Waals surface area contributed by atoms with Crippen LogP contribution in [0.3, 0.4) is 0 Å². The van der Waals surface area contributed by atoms with E-state index in [4.69, 9.17) is 4.74 Å². The molecule has 0 aromatic heterocycles. The largest absolute Gasteiger partial charge is 0.492 e. The minimum absolute atomic E-state index is 0.100. The summed E-state index contributed by atoms with van der Waals surface area (Å²) in [6.45, 7) is 6.05. The zero-order valence-electron chi connectivity index (χ0n) is 17.9. The third kappa shape index (κ3) is 7.04. The molecule has 6 nitrogen and oxygen atoms in total. The number of carbonyl (C=O) groups excluding carboxylic acids is 1. The molecule has 164 valence electrons. The van der Waals surface area contributed by atoms with Crippen LogP contribution in [0.2, 0.25) is 0 Å². The molecule has 0 atom stereocenters. The lowest BCUT2D eigenvalue weighted by atomic mass is 10.1. The van der Waals surface area contributed by atoms with Gasteiger partial charge in [0, 0.05) is 17.4 Å². The lowest BCUT2D eigenvalue weighted by Crippen LogP contribution is -2.28. The number of carbonyl (C=O) groups is 1. The Morgan fingerprint density at radius 2 is 1.83 bits per heavy atom. The van der Waals surface area contributed by atoms with Gasteiger partial charge in [-0.2, -0.15) is 0 Å². The highest BCUT2D eigenvalue weighted by atomic mass is 32.2. The maximum atomic E-state index is 12.6. The SMILES string of the molecule is CCCc1ccc(OCCNS(=O)(=O)c2ccc(SC)c(NC(=O)C(C)C)c2)cc1. The monoisotopic (exact) mass is 450 g/mol. The van der Waals surface area contributed by atoms with Crippen LogP contribution in [0.15, 0.2) is 52.3 Å². The second-order valence-electron chi connectivity index (χ2n) is 7.15. The molecule has 2 N–H and O–H groups in total. The molecule has 1 amide bonds. The van der Waals surface area contributed by atoms with Crippen LogP contribution in [0, 0.1) is 5.92 Å². The molecule has 0 fully saturated rings. The van der Waals surface area contributed by atoms with Gasteiger partial charge in [-0.1, -0.05) is 39.3 Å². The molecule has 0 saturated carbocycles. The molecule has 0 spiro atoms. The van der Waals surface area contributed by atoms with Gasteiger partial charge in [-0.25, -0.2) is 13.1 Å². The molecule has 8 heteroatoms. The topological polar surface area (TPSA) is 84.5 Å². The molecule has 0 aliphatic rings. The van der Waals surface area contributed by atoms with E-state index in [1.165, 1.54) is 29.5 Å². The van der Waals surface area contributed by atoms with Crippen molar-refractivity contribution in [1.29, 1.82) is 0 Å². The number of thioether (sulfide) groups is 1. The lowest BCUT2D eigenvalue weighted by molar-refractivity contribution is -0.118. The highest BCUT2D eigenvalue weighted by molar-refractivity contribution is 7.98. The van der Waals surface area contributed by atoms with Crippen LogP contribution >= 0.6 is 11.8 Å². The molecule has 2 aromatic rings. The van der Waals surface area contributed by atoms with Gasteiger partial charge in [-0.05, 0) is 48.6 Å². The van der Waals surface area contributed by atoms with Gasteiger partial charge < -0.3 is 10.1 Å². The smallest absolute Gasteiger partial charge is 0.240 e. The van der Waals surface area contributed by atoms with Gasteiger partial charge in [0.1, 0.15) is 12.4 Å². The fourth-order valence-electron chi connectivity index (χ4n) is 2.70. The van der Waals surface area contributed by atoms with Crippen LogP contribution in [0.25, 0.3) is 0 Å². The second-order valence-corrected chi connectivity index (χ2v) is 9.76. The number of rotatable bonds is 11. The third-order valence-corrected chi connectivity index (χ3v) is 6.64. The second kappa shape index (κ2) is 11.4. The molecule has 0 bridgehead atoms. The summed E-state index contributed by atoms with van der Waals surface area (Å²) in [6, 6.07) is 12.5. The summed E-state index contributed by atoms with van der Waals surface area (Å²) in [6.07, 6.45) is 3.98. The van der Waals surface area contributed by atoms with E-state index < -0.39 is 10.0 Å². The number of nitrogens with one attached hydrogen (secondary N) is 2. The average molecular weight is 451 g/mol. The lowest BCUT2D eigenvalue weighted by Gasteiger charge is -2.14. The summed E-state index contributed by atoms with van der Waals surface area (Å²) in [5.41, 5.74) is 1.74. The summed E-state index contributed by atoms with van der Waals surface area (Å²) in [5.74, 6) is 0.342. The van der Waals surface area contributed by atoms with Gasteiger partial charge in [0.25, 0.3) is 0 Å². The molecule has 0 radical (unpaired) electrons. The Kier molecular flexibility index (Phi) is 9.20. The molecule has 0 heterocycles. The first-order valence-corrected chi connectivity index (χ1v) is 12.7. The average Bonchev–Trinajstić information content (AvgIpc) is 2.72. The van der Waals surface area contributed by atoms with E-state index in [1.807, 2.05) is 30.5 Å². The zero-order valence-corrected chi connectivity index (χ0v) is 19.5. The number of hydrogen-bond acceptors (Lipinski definition) is 5. The van der Waals surface area contributed by atoms with E-state index >= 15 is 0 Å². The van der Waals surface area contributed by atoms with Crippen molar-refractivity contribution in [3.63, 3.8) is 0 Å². The van der Waals surface area contributed by atoms with Crippen LogP contribution in [0.5, 0.6) is 5.75 Å². The standard InChI is InChI=1S/C22H30N2O4S2/c1-5-6-17-7-9-18(10-8-17)28-14-13-23-30(26,27)19-11-12-21(29-4)20(15-19)24-22(25)16(2)3/h7-12,15-16,23H,5-6,13-14H2,1-4H3,(H,24,25). The summed E-state index contributed by atoms with van der Waals surface area (Å²) in [7, 11) is -3.72. The Morgan fingerprint density at radius 1 is 1.13 bits per heavy atom. The van der Waals surface area contributed by atoms with Gasteiger partial charge >= 0.3 is 0 Å². The quantitative estimate of drug-likeness (QED) is 0.394. The number of hydrogen-bond donors (Lipinski definition) is 2. The van der Waals surface area contributed by atoms with Crippen LogP contribution < -0.4 is 14.8 Å². The molecular weight excluding hydrogens is 420 g/mol. The molecule has 0 aliphatic heterocycles. The minimum atomic E-state index is -3.72. The summed E-state index contributed by atoms with van der Waals surface area (Å²) < 4.78 is 33.5. The zero-order chi connectivity index (χ0) is 22.1. The number of benzene rings is 2. The van der Waals surface area contributed by atoms with Gasteiger partial charge in [-0.15, -0.1) is 11.8 Å². The van der Waals surface area contributed by atoms with Crippen molar-refractivity contribution < 1.29 is 17.9 Å². The van der Waals surface area contributed by atoms with E-state index in [1.54, 1.807) is 19.9 Å². The van der Waals surface area contributed by atoms with Crippen molar-refractivity contribution in [2.45, 2.75) is 43.4 Å². The molecular formula is C22H30N2O4S2. The molecule has 30 heavy (non-hydrogen) atoms. The fraction of sp³-hybridized carbons (Fsp3) is 0.409. The van der Waals surface area contributed by atoms with Gasteiger partial charge in [0.15, 0.2) is 0 Å². The van der Waals surface area contributed by atoms with Crippen molar-refractivity contribution in [2.24, 2.45) is 5.92 Å². The van der Waals surface area contributed by atoms with Crippen molar-refractivity contribution in [3.05, 3.63) is 48.0 Å². The Hall–Kier alpha value is -2.03. The van der Waals surface area contributed by atoms with E-state index in [9.17, 15) is 13.2 Å². The van der Waals surface area contributed by atoms with Crippen molar-refractivity contribution in [1.82, 2.24) is 4.72 Å². The van der Waals surface area contributed by atoms with Crippen molar-refractivity contribution in [3.8, 4) is 5.75 Å². The number of ether oxygens (including phenoxy) is 1. The van der Waals surface area contributed by atoms with Gasteiger partial charge in [0.05, 0.1) is 10.6 Å². The van der Waals surface area contributed by atoms with Gasteiger partial charge in [0.2, 0.25) is 15.9 Å². The van der Waals surface area contributed by atoms with Gasteiger partial charge in [-0.3, -0.25) is 4.79 Å². The van der Waals surface area contributed by atoms with E-state index in [0.29, 0.717) is 11.4 Å². The van der Waals surface area contributed by atoms with Crippen LogP contribution in [0.1, 0.15) is 32.8 Å².